The summed E-state index contributed by atoms with van der Waals surface area (Å²) in [6.07, 6.45) is 3.88. The standard InChI is InChI=1S/C15H20BrFN2/c16-13-4-3-12(10-14(13)17)15(9-11-1-2-11)19-7-5-18-6-8-19/h3-4,10-11,15,18H,1-2,5-9H2/t15-/m1/s1. The summed E-state index contributed by atoms with van der Waals surface area (Å²) in [7, 11) is 0. The molecule has 4 heteroatoms. The van der Waals surface area contributed by atoms with Gasteiger partial charge in [0.1, 0.15) is 5.82 Å². The van der Waals surface area contributed by atoms with Gasteiger partial charge >= 0.3 is 0 Å². The van der Waals surface area contributed by atoms with E-state index in [1.54, 1.807) is 6.07 Å². The first kappa shape index (κ1) is 13.5. The lowest BCUT2D eigenvalue weighted by molar-refractivity contribution is 0.160. The van der Waals surface area contributed by atoms with Gasteiger partial charge in [0.15, 0.2) is 0 Å². The third-order valence-corrected chi connectivity index (χ3v) is 4.82. The van der Waals surface area contributed by atoms with E-state index in [1.807, 2.05) is 6.07 Å². The summed E-state index contributed by atoms with van der Waals surface area (Å²) in [5, 5.41) is 3.39. The third kappa shape index (κ3) is 3.36. The van der Waals surface area contributed by atoms with Crippen molar-refractivity contribution in [2.75, 3.05) is 26.2 Å². The lowest BCUT2D eigenvalue weighted by Gasteiger charge is -2.35. The monoisotopic (exact) mass is 326 g/mol. The van der Waals surface area contributed by atoms with Crippen LogP contribution < -0.4 is 5.32 Å². The largest absolute Gasteiger partial charge is 0.314 e. The van der Waals surface area contributed by atoms with Crippen molar-refractivity contribution in [3.63, 3.8) is 0 Å². The van der Waals surface area contributed by atoms with Gasteiger partial charge in [-0.3, -0.25) is 4.90 Å². The van der Waals surface area contributed by atoms with Crippen LogP contribution in [-0.2, 0) is 0 Å². The molecule has 3 rings (SSSR count). The molecule has 0 radical (unpaired) electrons. The summed E-state index contributed by atoms with van der Waals surface area (Å²) in [6.45, 7) is 4.21. The Balaban J connectivity index is 1.81. The van der Waals surface area contributed by atoms with Gasteiger partial charge in [0.2, 0.25) is 0 Å². The molecule has 1 atom stereocenters. The quantitative estimate of drug-likeness (QED) is 0.912. The summed E-state index contributed by atoms with van der Waals surface area (Å²) in [6, 6.07) is 6.01. The highest BCUT2D eigenvalue weighted by atomic mass is 79.9. The molecule has 19 heavy (non-hydrogen) atoms. The molecule has 2 nitrogen and oxygen atoms in total. The van der Waals surface area contributed by atoms with Crippen molar-refractivity contribution in [1.82, 2.24) is 10.2 Å². The second kappa shape index (κ2) is 5.90. The smallest absolute Gasteiger partial charge is 0.137 e. The average Bonchev–Trinajstić information content (AvgIpc) is 3.24. The molecule has 1 heterocycles. The Kier molecular flexibility index (Phi) is 4.20. The van der Waals surface area contributed by atoms with Crippen molar-refractivity contribution < 1.29 is 4.39 Å². The Morgan fingerprint density at radius 1 is 1.32 bits per heavy atom. The molecule has 2 fully saturated rings. The first-order chi connectivity index (χ1) is 9.24. The van der Waals surface area contributed by atoms with Gasteiger partial charge in [-0.1, -0.05) is 18.9 Å². The number of piperazine rings is 1. The van der Waals surface area contributed by atoms with Gasteiger partial charge in [-0.25, -0.2) is 4.39 Å². The van der Waals surface area contributed by atoms with Crippen LogP contribution in [-0.4, -0.2) is 31.1 Å². The number of nitrogens with one attached hydrogen (secondary N) is 1. The summed E-state index contributed by atoms with van der Waals surface area (Å²) >= 11 is 3.24. The van der Waals surface area contributed by atoms with Crippen LogP contribution in [0.25, 0.3) is 0 Å². The van der Waals surface area contributed by atoms with Crippen molar-refractivity contribution in [2.24, 2.45) is 5.92 Å². The minimum Gasteiger partial charge on any atom is -0.314 e. The summed E-state index contributed by atoms with van der Waals surface area (Å²) in [4.78, 5) is 2.51. The zero-order valence-corrected chi connectivity index (χ0v) is 12.6. The lowest BCUT2D eigenvalue weighted by atomic mass is 9.98. The minimum absolute atomic E-state index is 0.145. The maximum absolute atomic E-state index is 13.8. The highest BCUT2D eigenvalue weighted by Crippen LogP contribution is 2.40. The van der Waals surface area contributed by atoms with Gasteiger partial charge in [-0.05, 0) is 46.0 Å². The Morgan fingerprint density at radius 2 is 2.05 bits per heavy atom. The Morgan fingerprint density at radius 3 is 2.68 bits per heavy atom. The van der Waals surface area contributed by atoms with E-state index in [9.17, 15) is 4.39 Å². The highest BCUT2D eigenvalue weighted by Gasteiger charge is 2.30. The zero-order valence-electron chi connectivity index (χ0n) is 11.0. The molecule has 1 aliphatic heterocycles. The second-order valence-electron chi connectivity index (χ2n) is 5.65. The molecule has 1 N–H and O–H groups in total. The molecular formula is C15H20BrFN2. The third-order valence-electron chi connectivity index (χ3n) is 4.17. The molecular weight excluding hydrogens is 307 g/mol. The van der Waals surface area contributed by atoms with E-state index in [-0.39, 0.29) is 5.82 Å². The molecule has 0 aromatic heterocycles. The Labute approximate surface area is 122 Å². The lowest BCUT2D eigenvalue weighted by Crippen LogP contribution is -2.45. The van der Waals surface area contributed by atoms with Crippen molar-refractivity contribution in [3.05, 3.63) is 34.1 Å². The minimum atomic E-state index is -0.145. The fourth-order valence-corrected chi connectivity index (χ4v) is 3.13. The maximum atomic E-state index is 13.8. The van der Waals surface area contributed by atoms with Gasteiger partial charge in [-0.15, -0.1) is 0 Å². The molecule has 0 bridgehead atoms. The van der Waals surface area contributed by atoms with E-state index in [1.165, 1.54) is 19.3 Å². The maximum Gasteiger partial charge on any atom is 0.137 e. The van der Waals surface area contributed by atoms with E-state index in [2.05, 4.69) is 32.2 Å². The summed E-state index contributed by atoms with van der Waals surface area (Å²) < 4.78 is 14.3. The van der Waals surface area contributed by atoms with Crippen LogP contribution in [0.5, 0.6) is 0 Å². The number of halogens is 2. The predicted molar refractivity (Wildman–Crippen MR) is 78.6 cm³/mol. The fraction of sp³-hybridized carbons (Fsp3) is 0.600. The number of benzene rings is 1. The van der Waals surface area contributed by atoms with E-state index < -0.39 is 0 Å². The Bertz CT molecular complexity index is 442. The number of rotatable bonds is 4. The van der Waals surface area contributed by atoms with Crippen molar-refractivity contribution in [1.29, 1.82) is 0 Å². The molecule has 0 unspecified atom stereocenters. The van der Waals surface area contributed by atoms with E-state index in [4.69, 9.17) is 0 Å². The van der Waals surface area contributed by atoms with Crippen LogP contribution in [0.15, 0.2) is 22.7 Å². The Hall–Kier alpha value is -0.450. The van der Waals surface area contributed by atoms with Crippen molar-refractivity contribution in [2.45, 2.75) is 25.3 Å². The fourth-order valence-electron chi connectivity index (χ4n) is 2.88. The van der Waals surface area contributed by atoms with Crippen LogP contribution in [0.2, 0.25) is 0 Å². The molecule has 2 aliphatic rings. The van der Waals surface area contributed by atoms with Gasteiger partial charge < -0.3 is 5.32 Å². The van der Waals surface area contributed by atoms with Gasteiger partial charge in [-0.2, -0.15) is 0 Å². The molecule has 0 amide bonds. The topological polar surface area (TPSA) is 15.3 Å². The number of nitrogens with zero attached hydrogens (tertiary/aromatic N) is 1. The molecule has 1 saturated heterocycles. The summed E-state index contributed by atoms with van der Waals surface area (Å²) in [5.74, 6) is 0.708. The normalized spacial score (nSPS) is 22.4. The second-order valence-corrected chi connectivity index (χ2v) is 6.51. The van der Waals surface area contributed by atoms with Gasteiger partial charge in [0.25, 0.3) is 0 Å². The molecule has 0 spiro atoms. The van der Waals surface area contributed by atoms with Crippen LogP contribution in [0.1, 0.15) is 30.9 Å². The SMILES string of the molecule is Fc1cc([C@@H](CC2CC2)N2CCNCC2)ccc1Br. The van der Waals surface area contributed by atoms with E-state index in [0.717, 1.165) is 37.7 Å². The van der Waals surface area contributed by atoms with Crippen LogP contribution >= 0.6 is 15.9 Å². The van der Waals surface area contributed by atoms with Gasteiger partial charge in [0, 0.05) is 32.2 Å². The van der Waals surface area contributed by atoms with Crippen molar-refractivity contribution in [3.8, 4) is 0 Å². The highest BCUT2D eigenvalue weighted by molar-refractivity contribution is 9.10. The summed E-state index contributed by atoms with van der Waals surface area (Å²) in [5.41, 5.74) is 1.13. The number of hydrogen-bond donors (Lipinski definition) is 1. The number of hydrogen-bond acceptors (Lipinski definition) is 2. The average molecular weight is 327 g/mol. The molecule has 1 aliphatic carbocycles. The first-order valence-electron chi connectivity index (χ1n) is 7.14. The van der Waals surface area contributed by atoms with Crippen LogP contribution in [0.3, 0.4) is 0 Å². The predicted octanol–water partition coefficient (Wildman–Crippen LogP) is 3.33. The van der Waals surface area contributed by atoms with Gasteiger partial charge in [0.05, 0.1) is 4.47 Å². The zero-order chi connectivity index (χ0) is 13.2. The van der Waals surface area contributed by atoms with E-state index >= 15 is 0 Å². The molecule has 1 aromatic rings. The van der Waals surface area contributed by atoms with Crippen LogP contribution in [0, 0.1) is 11.7 Å². The first-order valence-corrected chi connectivity index (χ1v) is 7.93. The molecule has 104 valence electrons. The van der Waals surface area contributed by atoms with Crippen LogP contribution in [0.4, 0.5) is 4.39 Å². The molecule has 1 saturated carbocycles. The van der Waals surface area contributed by atoms with E-state index in [0.29, 0.717) is 10.5 Å². The molecule has 1 aromatic carbocycles. The van der Waals surface area contributed by atoms with Crippen molar-refractivity contribution >= 4 is 15.9 Å².